The number of hydrogen-bond donors (Lipinski definition) is 2. The Balaban J connectivity index is 1.34. The van der Waals surface area contributed by atoms with Gasteiger partial charge in [-0.15, -0.1) is 0 Å². The minimum absolute atomic E-state index is 0.112. The molecule has 1 amide bonds. The fraction of sp³-hybridized carbons (Fsp3) is 0.276. The zero-order valence-corrected chi connectivity index (χ0v) is 21.5. The number of likely N-dealkylation sites (tertiary alicyclic amines) is 1. The Hall–Kier alpha value is -3.62. The molecular weight excluding hydrogens is 486 g/mol. The summed E-state index contributed by atoms with van der Waals surface area (Å²) >= 11 is 0. The average Bonchev–Trinajstić information content (AvgIpc) is 3.49. The molecule has 0 bridgehead atoms. The van der Waals surface area contributed by atoms with Crippen LogP contribution in [0.3, 0.4) is 0 Å². The van der Waals surface area contributed by atoms with E-state index in [1.54, 1.807) is 37.3 Å². The molecule has 7 nitrogen and oxygen atoms in total. The quantitative estimate of drug-likeness (QED) is 0.347. The van der Waals surface area contributed by atoms with Gasteiger partial charge in [0.15, 0.2) is 0 Å². The van der Waals surface area contributed by atoms with Gasteiger partial charge in [-0.2, -0.15) is 8.42 Å². The molecule has 3 aromatic carbocycles. The van der Waals surface area contributed by atoms with Crippen molar-refractivity contribution in [2.24, 2.45) is 0 Å². The minimum Gasteiger partial charge on any atom is -0.379 e. The second-order valence-corrected chi connectivity index (χ2v) is 11.4. The number of benzene rings is 3. The van der Waals surface area contributed by atoms with E-state index in [-0.39, 0.29) is 23.1 Å². The van der Waals surface area contributed by atoms with Crippen LogP contribution in [0.15, 0.2) is 65.6 Å². The van der Waals surface area contributed by atoms with Crippen molar-refractivity contribution < 1.29 is 17.4 Å². The normalized spacial score (nSPS) is 16.1. The van der Waals surface area contributed by atoms with Gasteiger partial charge in [0.25, 0.3) is 5.91 Å². The number of carbonyl (C=O) groups is 1. The molecule has 1 fully saturated rings. The molecule has 0 atom stereocenters. The van der Waals surface area contributed by atoms with Crippen LogP contribution in [0.1, 0.15) is 46.3 Å². The third-order valence-corrected chi connectivity index (χ3v) is 8.71. The zero-order chi connectivity index (χ0) is 25.6. The maximum absolute atomic E-state index is 13.0. The highest BCUT2D eigenvalue weighted by atomic mass is 32.2. The maximum atomic E-state index is 13.0. The van der Waals surface area contributed by atoms with E-state index >= 15 is 0 Å². The van der Waals surface area contributed by atoms with Gasteiger partial charge in [-0.3, -0.25) is 9.69 Å². The van der Waals surface area contributed by atoms with Gasteiger partial charge < -0.3 is 14.5 Å². The molecule has 37 heavy (non-hydrogen) atoms. The summed E-state index contributed by atoms with van der Waals surface area (Å²) in [5.74, 6) is -0.0755. The fourth-order valence-corrected chi connectivity index (χ4v) is 6.61. The van der Waals surface area contributed by atoms with E-state index in [1.165, 1.54) is 30.9 Å². The molecule has 0 unspecified atom stereocenters. The van der Waals surface area contributed by atoms with Crippen LogP contribution >= 0.6 is 0 Å². The van der Waals surface area contributed by atoms with Gasteiger partial charge in [0.1, 0.15) is 10.6 Å². The predicted molar refractivity (Wildman–Crippen MR) is 143 cm³/mol. The Morgan fingerprint density at radius 1 is 0.973 bits per heavy atom. The predicted octanol–water partition coefficient (Wildman–Crippen LogP) is 5.14. The molecule has 4 aromatic rings. The maximum Gasteiger partial charge on any atom is 0.339 e. The van der Waals surface area contributed by atoms with Crippen molar-refractivity contribution in [1.29, 1.82) is 0 Å². The first-order valence-corrected chi connectivity index (χ1v) is 14.1. The number of nitrogens with one attached hydrogen (secondary N) is 2. The van der Waals surface area contributed by atoms with E-state index in [2.05, 4.69) is 39.5 Å². The van der Waals surface area contributed by atoms with E-state index in [4.69, 9.17) is 4.18 Å². The lowest BCUT2D eigenvalue weighted by Crippen LogP contribution is -2.28. The summed E-state index contributed by atoms with van der Waals surface area (Å²) in [5.41, 5.74) is 5.38. The third-order valence-electron chi connectivity index (χ3n) is 7.32. The molecule has 8 heteroatoms. The average molecular weight is 516 g/mol. The number of aromatic nitrogens is 1. The molecule has 1 aromatic heterocycles. The number of piperidine rings is 1. The highest BCUT2D eigenvalue weighted by molar-refractivity contribution is 7.87. The topological polar surface area (TPSA) is 91.5 Å². The molecule has 190 valence electrons. The molecule has 1 saturated heterocycles. The Morgan fingerprint density at radius 2 is 1.78 bits per heavy atom. The van der Waals surface area contributed by atoms with Crippen molar-refractivity contribution in [2.75, 3.05) is 13.1 Å². The Kier molecular flexibility index (Phi) is 6.01. The van der Waals surface area contributed by atoms with E-state index in [9.17, 15) is 13.2 Å². The van der Waals surface area contributed by atoms with Crippen molar-refractivity contribution in [3.8, 4) is 17.0 Å². The van der Waals surface area contributed by atoms with Crippen molar-refractivity contribution >= 4 is 26.9 Å². The molecule has 3 heterocycles. The summed E-state index contributed by atoms with van der Waals surface area (Å²) in [6.45, 7) is 5.16. The summed E-state index contributed by atoms with van der Waals surface area (Å²) in [4.78, 5) is 18.9. The highest BCUT2D eigenvalue weighted by Crippen LogP contribution is 2.37. The van der Waals surface area contributed by atoms with Crippen LogP contribution in [-0.2, 0) is 23.2 Å². The van der Waals surface area contributed by atoms with E-state index in [1.807, 2.05) is 0 Å². The lowest BCUT2D eigenvalue weighted by atomic mass is 9.99. The van der Waals surface area contributed by atoms with Crippen LogP contribution < -0.4 is 9.50 Å². The van der Waals surface area contributed by atoms with E-state index < -0.39 is 10.1 Å². The molecule has 6 rings (SSSR count). The lowest BCUT2D eigenvalue weighted by Gasteiger charge is -2.26. The van der Waals surface area contributed by atoms with Crippen LogP contribution in [0.25, 0.3) is 22.2 Å². The number of carbonyl (C=O) groups excluding carboxylic acids is 1. The van der Waals surface area contributed by atoms with Crippen molar-refractivity contribution in [1.82, 2.24) is 15.2 Å². The van der Waals surface area contributed by atoms with Crippen LogP contribution in [0.2, 0.25) is 0 Å². The fourth-order valence-electron chi connectivity index (χ4n) is 5.42. The standard InChI is InChI=1S/C29H29N3O4S/c1-19-7-3-4-8-27(19)37(34,35)36-26-12-10-22(28-23(26)17-30-29(28)33)25-16-21-15-20(9-11-24(21)31-25)18-32-13-5-2-6-14-32/h3-4,7-12,15-16,31H,2,5-6,13-14,17-18H2,1H3,(H,30,33). The van der Waals surface area contributed by atoms with Gasteiger partial charge in [0.05, 0.1) is 5.56 Å². The molecule has 0 saturated carbocycles. The van der Waals surface area contributed by atoms with Crippen molar-refractivity contribution in [3.63, 3.8) is 0 Å². The molecule has 0 spiro atoms. The van der Waals surface area contributed by atoms with Gasteiger partial charge in [0, 0.05) is 40.8 Å². The number of amides is 1. The number of H-pyrrole nitrogens is 1. The molecule has 2 aliphatic rings. The number of aromatic amines is 1. The Bertz CT molecular complexity index is 1620. The smallest absolute Gasteiger partial charge is 0.339 e. The van der Waals surface area contributed by atoms with Gasteiger partial charge in [-0.25, -0.2) is 0 Å². The summed E-state index contributed by atoms with van der Waals surface area (Å²) < 4.78 is 31.6. The van der Waals surface area contributed by atoms with Gasteiger partial charge in [-0.1, -0.05) is 30.7 Å². The summed E-state index contributed by atoms with van der Waals surface area (Å²) in [7, 11) is -4.05. The van der Waals surface area contributed by atoms with E-state index in [0.717, 1.165) is 41.8 Å². The van der Waals surface area contributed by atoms with Crippen LogP contribution in [0.4, 0.5) is 0 Å². The van der Waals surface area contributed by atoms with Crippen LogP contribution in [0.5, 0.6) is 5.75 Å². The number of aryl methyl sites for hydroxylation is 1. The Labute approximate surface area is 216 Å². The first kappa shape index (κ1) is 23.8. The molecule has 0 radical (unpaired) electrons. The summed E-state index contributed by atoms with van der Waals surface area (Å²) in [5, 5.41) is 3.91. The number of rotatable bonds is 6. The van der Waals surface area contributed by atoms with Crippen molar-refractivity contribution in [2.45, 2.75) is 44.2 Å². The monoisotopic (exact) mass is 515 g/mol. The minimum atomic E-state index is -4.05. The van der Waals surface area contributed by atoms with Gasteiger partial charge in [0.2, 0.25) is 0 Å². The Morgan fingerprint density at radius 3 is 2.59 bits per heavy atom. The molecular formula is C29H29N3O4S. The van der Waals surface area contributed by atoms with Crippen LogP contribution in [0, 0.1) is 6.92 Å². The number of nitrogens with zero attached hydrogens (tertiary/aromatic N) is 1. The third kappa shape index (κ3) is 4.51. The number of fused-ring (bicyclic) bond motifs is 2. The second kappa shape index (κ2) is 9.36. The number of hydrogen-bond acceptors (Lipinski definition) is 5. The zero-order valence-electron chi connectivity index (χ0n) is 20.7. The SMILES string of the molecule is Cc1ccccc1S(=O)(=O)Oc1ccc(-c2cc3cc(CN4CCCCC4)ccc3[nH]2)c2c1CNC2=O. The van der Waals surface area contributed by atoms with Crippen molar-refractivity contribution in [3.05, 3.63) is 82.9 Å². The highest BCUT2D eigenvalue weighted by Gasteiger charge is 2.30. The summed E-state index contributed by atoms with van der Waals surface area (Å²) in [6, 6.07) is 18.6. The van der Waals surface area contributed by atoms with E-state index in [0.29, 0.717) is 16.7 Å². The second-order valence-electron chi connectivity index (χ2n) is 9.89. The summed E-state index contributed by atoms with van der Waals surface area (Å²) in [6.07, 6.45) is 3.83. The first-order chi connectivity index (χ1) is 17.9. The van der Waals surface area contributed by atoms with Gasteiger partial charge >= 0.3 is 10.1 Å². The van der Waals surface area contributed by atoms with Crippen LogP contribution in [-0.4, -0.2) is 37.3 Å². The largest absolute Gasteiger partial charge is 0.379 e. The molecule has 0 aliphatic carbocycles. The van der Waals surface area contributed by atoms with Gasteiger partial charge in [-0.05, 0) is 80.4 Å². The lowest BCUT2D eigenvalue weighted by molar-refractivity contribution is 0.0966. The molecule has 2 aliphatic heterocycles. The first-order valence-electron chi connectivity index (χ1n) is 12.7. The molecule has 2 N–H and O–H groups in total.